The molecule has 0 fully saturated rings. The predicted octanol–water partition coefficient (Wildman–Crippen LogP) is -9.22. The van der Waals surface area contributed by atoms with Gasteiger partial charge in [-0.25, -0.2) is 8.42 Å². The molecule has 0 aromatic heterocycles. The summed E-state index contributed by atoms with van der Waals surface area (Å²) in [5, 5.41) is 9.88. The fourth-order valence-electron chi connectivity index (χ4n) is 1.10. The summed E-state index contributed by atoms with van der Waals surface area (Å²) >= 11 is 0. The monoisotopic (exact) mass is 457 g/mol. The molecule has 0 aromatic carbocycles. The van der Waals surface area contributed by atoms with E-state index in [0.29, 0.717) is 0 Å². The van der Waals surface area contributed by atoms with Gasteiger partial charge in [0.05, 0.1) is 11.2 Å². The third kappa shape index (κ3) is 20.2. The fourth-order valence-corrected chi connectivity index (χ4v) is 1.69. The Balaban J connectivity index is -0.00000420. The molecule has 10 heteroatoms. The van der Waals surface area contributed by atoms with Gasteiger partial charge in [0.1, 0.15) is 10.1 Å². The Morgan fingerprint density at radius 3 is 1.41 bits per heavy atom. The molecule has 0 heterocycles. The number of terminal acetylenes is 1. The third-order valence-corrected chi connectivity index (χ3v) is 3.25. The first-order valence-electron chi connectivity index (χ1n) is 7.19. The number of carbonyl (C=O) groups is 2. The van der Waals surface area contributed by atoms with E-state index in [1.54, 1.807) is 0 Å². The number of carboxylic acid groups (broad SMARTS) is 1. The number of rotatable bonds is 4. The van der Waals surface area contributed by atoms with Crippen LogP contribution in [0.2, 0.25) is 0 Å². The van der Waals surface area contributed by atoms with Gasteiger partial charge in [-0.15, -0.1) is 6.42 Å². The molecule has 0 aliphatic carbocycles. The second kappa shape index (κ2) is 21.1. The van der Waals surface area contributed by atoms with Crippen LogP contribution >= 0.6 is 0 Å². The predicted molar refractivity (Wildman–Crippen MR) is 102 cm³/mol. The van der Waals surface area contributed by atoms with Gasteiger partial charge >= 0.3 is 59.1 Å². The van der Waals surface area contributed by atoms with Crippen LogP contribution in [0.4, 0.5) is 0 Å². The topological polar surface area (TPSA) is 126 Å². The number of nitrogens with one attached hydrogen (secondary N) is 1. The van der Waals surface area contributed by atoms with Crippen molar-refractivity contribution in [3.8, 4) is 107 Å². The zero-order chi connectivity index (χ0) is 22.7. The summed E-state index contributed by atoms with van der Waals surface area (Å²) in [6.07, 6.45) is 3.75. The number of aliphatic carboxylic acids is 1. The van der Waals surface area contributed by atoms with E-state index < -0.39 is 33.7 Å². The van der Waals surface area contributed by atoms with Gasteiger partial charge in [0, 0.05) is 59.8 Å². The van der Waals surface area contributed by atoms with Crippen molar-refractivity contribution in [3.63, 3.8) is 0 Å². The minimum Gasteiger partial charge on any atom is -0.747 e. The Morgan fingerprint density at radius 2 is 1.09 bits per heavy atom. The van der Waals surface area contributed by atoms with Crippen LogP contribution in [0.25, 0.3) is 0 Å². The molecule has 142 valence electrons. The third-order valence-electron chi connectivity index (χ3n) is 2.19. The van der Waals surface area contributed by atoms with Gasteiger partial charge in [0.2, 0.25) is 5.91 Å². The molecular weight excluding hydrogens is 452 g/mol. The van der Waals surface area contributed by atoms with Crippen molar-refractivity contribution in [2.75, 3.05) is 0 Å². The molecule has 1 unspecified atom stereocenters. The summed E-state index contributed by atoms with van der Waals surface area (Å²) in [5.74, 6) is 33.8. The maximum Gasteiger partial charge on any atom is 1.00 e. The van der Waals surface area contributed by atoms with Gasteiger partial charge < -0.3 is 14.5 Å². The summed E-state index contributed by atoms with van der Waals surface area (Å²) in [6.45, 7) is 0. The van der Waals surface area contributed by atoms with Crippen molar-refractivity contribution < 1.29 is 86.8 Å². The number of hydrogen-bond acceptors (Lipinski definition) is 6. The minimum atomic E-state index is -5.23. The Bertz CT molecular complexity index is 1380. The largest absolute Gasteiger partial charge is 1.00 e. The first-order chi connectivity index (χ1) is 14.3. The van der Waals surface area contributed by atoms with Crippen molar-refractivity contribution in [1.82, 2.24) is 5.32 Å². The quantitative estimate of drug-likeness (QED) is 0.193. The summed E-state index contributed by atoms with van der Waals surface area (Å²) in [5.41, 5.74) is 0. The van der Waals surface area contributed by atoms with Crippen LogP contribution in [0.5, 0.6) is 0 Å². The van der Waals surface area contributed by atoms with E-state index >= 15 is 0 Å². The molecule has 0 saturated heterocycles. The van der Waals surface area contributed by atoms with Gasteiger partial charge in [-0.3, -0.25) is 10.1 Å². The molecule has 0 aromatic rings. The second-order valence-corrected chi connectivity index (χ2v) is 5.75. The van der Waals surface area contributed by atoms with Crippen LogP contribution in [-0.4, -0.2) is 30.1 Å². The van der Waals surface area contributed by atoms with Crippen molar-refractivity contribution in [2.45, 2.75) is 11.7 Å². The van der Waals surface area contributed by atoms with Crippen LogP contribution in [-0.2, 0) is 19.7 Å². The van der Waals surface area contributed by atoms with Gasteiger partial charge in [-0.05, 0) is 47.4 Å². The van der Waals surface area contributed by atoms with Gasteiger partial charge in [0.15, 0.2) is 0 Å². The molecule has 32 heavy (non-hydrogen) atoms. The standard InChI is InChI=1S/C22H7NO6S.2Na/c1-2-3-4-5-6-7-8-9-10-11-12-13-14-15-16-17-18-23-21(24)19-20(22(25)26)30(27,28)29;;/h1,20H,19H2,(H,23,24)(H,25,26)(H,27,28,29);;/q;2*+1/p-2. The molecule has 0 spiro atoms. The van der Waals surface area contributed by atoms with Crippen LogP contribution in [0.15, 0.2) is 0 Å². The second-order valence-electron chi connectivity index (χ2n) is 4.20. The van der Waals surface area contributed by atoms with Crippen molar-refractivity contribution in [3.05, 3.63) is 0 Å². The number of carboxylic acids is 1. The molecule has 7 nitrogen and oxygen atoms in total. The molecule has 0 aliphatic heterocycles. The summed E-state index contributed by atoms with van der Waals surface area (Å²) in [6, 6.07) is 2.02. The molecule has 1 N–H and O–H groups in total. The number of hydrogen-bond donors (Lipinski definition) is 1. The Labute approximate surface area is 231 Å². The maximum absolute atomic E-state index is 11.3. The van der Waals surface area contributed by atoms with Crippen molar-refractivity contribution >= 4 is 22.0 Å². The van der Waals surface area contributed by atoms with Crippen molar-refractivity contribution in [1.29, 1.82) is 0 Å². The zero-order valence-corrected chi connectivity index (χ0v) is 21.5. The fraction of sp³-hybridized carbons (Fsp3) is 0.0909. The smallest absolute Gasteiger partial charge is 0.747 e. The van der Waals surface area contributed by atoms with E-state index in [1.165, 1.54) is 0 Å². The first kappa shape index (κ1) is 33.5. The summed E-state index contributed by atoms with van der Waals surface area (Å²) in [4.78, 5) is 21.8. The van der Waals surface area contributed by atoms with Gasteiger partial charge in [0.25, 0.3) is 0 Å². The van der Waals surface area contributed by atoms with E-state index in [2.05, 4.69) is 94.7 Å². The normalized spacial score (nSPS) is 7.50. The Kier molecular flexibility index (Phi) is 22.1. The maximum atomic E-state index is 11.3. The molecule has 0 aliphatic rings. The Morgan fingerprint density at radius 1 is 0.750 bits per heavy atom. The first-order valence-corrected chi connectivity index (χ1v) is 8.66. The molecule has 0 rings (SSSR count). The van der Waals surface area contributed by atoms with Crippen LogP contribution in [0, 0.1) is 107 Å². The molecule has 0 bridgehead atoms. The van der Waals surface area contributed by atoms with E-state index in [-0.39, 0.29) is 59.1 Å². The molecular formula is C22H5NNa2O6S. The SMILES string of the molecule is C#CC#CC#CC#CC#CC#CC#CC#CC#CNC(=O)CC(C(=O)[O-])S(=O)(=O)[O-].[Na+].[Na+]. The van der Waals surface area contributed by atoms with E-state index in [1.807, 2.05) is 11.4 Å². The average Bonchev–Trinajstić information content (AvgIpc) is 2.67. The van der Waals surface area contributed by atoms with E-state index in [9.17, 15) is 27.7 Å². The Hall–Kier alpha value is -3.11. The van der Waals surface area contributed by atoms with Gasteiger partial charge in [-0.2, -0.15) is 0 Å². The summed E-state index contributed by atoms with van der Waals surface area (Å²) in [7, 11) is -5.23. The van der Waals surface area contributed by atoms with Crippen LogP contribution < -0.4 is 69.5 Å². The zero-order valence-electron chi connectivity index (χ0n) is 16.7. The molecule has 1 amide bonds. The van der Waals surface area contributed by atoms with E-state index in [4.69, 9.17) is 6.42 Å². The number of amides is 1. The number of carbonyl (C=O) groups excluding carboxylic acids is 2. The van der Waals surface area contributed by atoms with Crippen LogP contribution in [0.1, 0.15) is 6.42 Å². The minimum absolute atomic E-state index is 0. The van der Waals surface area contributed by atoms with Gasteiger partial charge in [-0.1, -0.05) is 0 Å². The van der Waals surface area contributed by atoms with E-state index in [0.717, 1.165) is 0 Å². The van der Waals surface area contributed by atoms with Crippen LogP contribution in [0.3, 0.4) is 0 Å². The average molecular weight is 457 g/mol. The molecule has 1 atom stereocenters. The summed E-state index contributed by atoms with van der Waals surface area (Å²) < 4.78 is 32.0. The molecule has 0 saturated carbocycles. The molecule has 0 radical (unpaired) electrons. The van der Waals surface area contributed by atoms with Crippen molar-refractivity contribution in [2.24, 2.45) is 0 Å².